The van der Waals surface area contributed by atoms with E-state index in [0.717, 1.165) is 24.5 Å². The first-order chi connectivity index (χ1) is 10.0. The van der Waals surface area contributed by atoms with E-state index < -0.39 is 0 Å². The first-order valence-corrected chi connectivity index (χ1v) is 7.85. The lowest BCUT2D eigenvalue weighted by Gasteiger charge is -2.41. The van der Waals surface area contributed by atoms with Crippen LogP contribution >= 0.6 is 11.6 Å². The van der Waals surface area contributed by atoms with Gasteiger partial charge in [-0.2, -0.15) is 0 Å². The Morgan fingerprint density at radius 2 is 2.10 bits per heavy atom. The lowest BCUT2D eigenvalue weighted by molar-refractivity contribution is -0.136. The Bertz CT molecular complexity index is 475. The minimum absolute atomic E-state index is 0.102. The topological polar surface area (TPSA) is 35.6 Å². The molecule has 0 bridgehead atoms. The van der Waals surface area contributed by atoms with Crippen LogP contribution in [0, 0.1) is 0 Å². The first-order valence-electron chi connectivity index (χ1n) is 7.47. The third-order valence-corrected chi connectivity index (χ3v) is 4.30. The SMILES string of the molecule is CCC(c1ccc(Cl)cc1)N1CCNCC1C(=O)N(C)C. The number of hydrogen-bond donors (Lipinski definition) is 1. The molecule has 1 fully saturated rings. The summed E-state index contributed by atoms with van der Waals surface area (Å²) in [6, 6.07) is 8.12. The number of nitrogens with zero attached hydrogens (tertiary/aromatic N) is 2. The van der Waals surface area contributed by atoms with Crippen LogP contribution in [0.2, 0.25) is 5.02 Å². The molecule has 21 heavy (non-hydrogen) atoms. The highest BCUT2D eigenvalue weighted by Crippen LogP contribution is 2.28. The van der Waals surface area contributed by atoms with E-state index in [1.165, 1.54) is 5.56 Å². The summed E-state index contributed by atoms with van der Waals surface area (Å²) in [7, 11) is 3.64. The molecular formula is C16H24ClN3O. The molecular weight excluding hydrogens is 286 g/mol. The highest BCUT2D eigenvalue weighted by atomic mass is 35.5. The predicted molar refractivity (Wildman–Crippen MR) is 86.5 cm³/mol. The molecule has 1 aromatic carbocycles. The largest absolute Gasteiger partial charge is 0.347 e. The maximum Gasteiger partial charge on any atom is 0.240 e. The maximum absolute atomic E-state index is 12.4. The van der Waals surface area contributed by atoms with Gasteiger partial charge >= 0.3 is 0 Å². The van der Waals surface area contributed by atoms with Crippen LogP contribution in [0.4, 0.5) is 0 Å². The van der Waals surface area contributed by atoms with Gasteiger partial charge in [-0.3, -0.25) is 9.69 Å². The fourth-order valence-corrected chi connectivity index (χ4v) is 3.09. The number of halogens is 1. The van der Waals surface area contributed by atoms with Crippen molar-refractivity contribution in [3.8, 4) is 0 Å². The van der Waals surface area contributed by atoms with Gasteiger partial charge in [0.1, 0.15) is 6.04 Å². The van der Waals surface area contributed by atoms with Crippen LogP contribution in [0.15, 0.2) is 24.3 Å². The van der Waals surface area contributed by atoms with Crippen molar-refractivity contribution >= 4 is 17.5 Å². The second-order valence-electron chi connectivity index (χ2n) is 5.67. The second kappa shape index (κ2) is 7.25. The molecule has 2 rings (SSSR count). The summed E-state index contributed by atoms with van der Waals surface area (Å²) < 4.78 is 0. The minimum Gasteiger partial charge on any atom is -0.347 e. The second-order valence-corrected chi connectivity index (χ2v) is 6.10. The predicted octanol–water partition coefficient (Wildman–Crippen LogP) is 2.15. The number of hydrogen-bond acceptors (Lipinski definition) is 3. The molecule has 1 aliphatic heterocycles. The molecule has 1 aliphatic rings. The molecule has 1 saturated heterocycles. The number of carbonyl (C=O) groups excluding carboxylic acids is 1. The molecule has 1 amide bonds. The Balaban J connectivity index is 2.25. The zero-order valence-corrected chi connectivity index (χ0v) is 13.7. The average molecular weight is 310 g/mol. The quantitative estimate of drug-likeness (QED) is 0.926. The molecule has 1 heterocycles. The standard InChI is InChI=1S/C16H24ClN3O/c1-4-14(12-5-7-13(17)8-6-12)20-10-9-18-11-15(20)16(21)19(2)3/h5-8,14-15,18H,4,9-11H2,1-3H3. The monoisotopic (exact) mass is 309 g/mol. The van der Waals surface area contributed by atoms with Crippen LogP contribution in [-0.2, 0) is 4.79 Å². The van der Waals surface area contributed by atoms with Gasteiger partial charge in [-0.25, -0.2) is 0 Å². The normalized spacial score (nSPS) is 21.0. The molecule has 1 aromatic rings. The molecule has 0 aliphatic carbocycles. The summed E-state index contributed by atoms with van der Waals surface area (Å²) in [6.45, 7) is 4.67. The number of piperazine rings is 1. The Hall–Kier alpha value is -1.10. The van der Waals surface area contributed by atoms with Gasteiger partial charge in [-0.05, 0) is 24.1 Å². The van der Waals surface area contributed by atoms with Crippen molar-refractivity contribution in [2.45, 2.75) is 25.4 Å². The van der Waals surface area contributed by atoms with Gasteiger partial charge in [0, 0.05) is 44.8 Å². The summed E-state index contributed by atoms with van der Waals surface area (Å²) in [5.74, 6) is 0.162. The Morgan fingerprint density at radius 3 is 2.67 bits per heavy atom. The van der Waals surface area contributed by atoms with Crippen LogP contribution in [0.25, 0.3) is 0 Å². The molecule has 2 atom stereocenters. The van der Waals surface area contributed by atoms with Crippen LogP contribution in [0.1, 0.15) is 24.9 Å². The summed E-state index contributed by atoms with van der Waals surface area (Å²) in [4.78, 5) is 16.4. The molecule has 2 unspecified atom stereocenters. The molecule has 1 N–H and O–H groups in total. The van der Waals surface area contributed by atoms with E-state index in [1.807, 2.05) is 26.2 Å². The summed E-state index contributed by atoms with van der Waals surface area (Å²) in [5.41, 5.74) is 1.22. The van der Waals surface area contributed by atoms with Gasteiger partial charge in [0.2, 0.25) is 5.91 Å². The zero-order valence-electron chi connectivity index (χ0n) is 13.0. The molecule has 116 valence electrons. The van der Waals surface area contributed by atoms with Crippen LogP contribution in [0.3, 0.4) is 0 Å². The molecule has 5 heteroatoms. The van der Waals surface area contributed by atoms with Gasteiger partial charge in [-0.15, -0.1) is 0 Å². The van der Waals surface area contributed by atoms with Crippen molar-refractivity contribution in [3.63, 3.8) is 0 Å². The van der Waals surface area contributed by atoms with Crippen molar-refractivity contribution in [2.24, 2.45) is 0 Å². The number of likely N-dealkylation sites (N-methyl/N-ethyl adjacent to an activating group) is 1. The third kappa shape index (κ3) is 3.76. The molecule has 0 spiro atoms. The van der Waals surface area contributed by atoms with E-state index in [-0.39, 0.29) is 18.0 Å². The molecule has 0 radical (unpaired) electrons. The lowest BCUT2D eigenvalue weighted by Crippen LogP contribution is -2.58. The zero-order chi connectivity index (χ0) is 15.4. The van der Waals surface area contributed by atoms with Gasteiger partial charge in [0.25, 0.3) is 0 Å². The lowest BCUT2D eigenvalue weighted by atomic mass is 9.99. The van der Waals surface area contributed by atoms with Crippen molar-refractivity contribution in [1.29, 1.82) is 0 Å². The highest BCUT2D eigenvalue weighted by Gasteiger charge is 2.34. The molecule has 4 nitrogen and oxygen atoms in total. The van der Waals surface area contributed by atoms with Crippen molar-refractivity contribution < 1.29 is 4.79 Å². The number of rotatable bonds is 4. The summed E-state index contributed by atoms with van der Waals surface area (Å²) in [6.07, 6.45) is 0.971. The summed E-state index contributed by atoms with van der Waals surface area (Å²) >= 11 is 5.98. The average Bonchev–Trinajstić information content (AvgIpc) is 2.49. The number of carbonyl (C=O) groups is 1. The van der Waals surface area contributed by atoms with E-state index >= 15 is 0 Å². The van der Waals surface area contributed by atoms with Gasteiger partial charge < -0.3 is 10.2 Å². The number of amides is 1. The smallest absolute Gasteiger partial charge is 0.240 e. The summed E-state index contributed by atoms with van der Waals surface area (Å²) in [5, 5.41) is 4.08. The van der Waals surface area contributed by atoms with E-state index in [2.05, 4.69) is 29.3 Å². The fraction of sp³-hybridized carbons (Fsp3) is 0.562. The Kier molecular flexibility index (Phi) is 5.62. The minimum atomic E-state index is -0.102. The van der Waals surface area contributed by atoms with Crippen LogP contribution in [-0.4, -0.2) is 55.5 Å². The Morgan fingerprint density at radius 1 is 1.43 bits per heavy atom. The number of benzene rings is 1. The van der Waals surface area contributed by atoms with Gasteiger partial charge in [0.05, 0.1) is 0 Å². The molecule has 0 aromatic heterocycles. The van der Waals surface area contributed by atoms with Crippen molar-refractivity contribution in [1.82, 2.24) is 15.1 Å². The third-order valence-electron chi connectivity index (χ3n) is 4.05. The van der Waals surface area contributed by atoms with E-state index in [1.54, 1.807) is 4.90 Å². The van der Waals surface area contributed by atoms with Crippen LogP contribution < -0.4 is 5.32 Å². The fourth-order valence-electron chi connectivity index (χ4n) is 2.97. The first kappa shape index (κ1) is 16.3. The van der Waals surface area contributed by atoms with Gasteiger partial charge in [0.15, 0.2) is 0 Å². The van der Waals surface area contributed by atoms with E-state index in [0.29, 0.717) is 6.54 Å². The van der Waals surface area contributed by atoms with E-state index in [9.17, 15) is 4.79 Å². The maximum atomic E-state index is 12.4. The van der Waals surface area contributed by atoms with Crippen LogP contribution in [0.5, 0.6) is 0 Å². The number of nitrogens with one attached hydrogen (secondary N) is 1. The Labute approximate surface area is 132 Å². The van der Waals surface area contributed by atoms with Crippen molar-refractivity contribution in [2.75, 3.05) is 33.7 Å². The van der Waals surface area contributed by atoms with Crippen molar-refractivity contribution in [3.05, 3.63) is 34.9 Å². The highest BCUT2D eigenvalue weighted by molar-refractivity contribution is 6.30. The van der Waals surface area contributed by atoms with E-state index in [4.69, 9.17) is 11.6 Å². The van der Waals surface area contributed by atoms with Gasteiger partial charge in [-0.1, -0.05) is 30.7 Å². The molecule has 0 saturated carbocycles.